The summed E-state index contributed by atoms with van der Waals surface area (Å²) < 4.78 is 4.46. The number of nitrogens with zero attached hydrogens (tertiary/aromatic N) is 1. The van der Waals surface area contributed by atoms with Gasteiger partial charge < -0.3 is 20.1 Å². The predicted molar refractivity (Wildman–Crippen MR) is 74.7 cm³/mol. The summed E-state index contributed by atoms with van der Waals surface area (Å²) >= 11 is 1.78. The third-order valence-electron chi connectivity index (χ3n) is 2.99. The van der Waals surface area contributed by atoms with Crippen LogP contribution in [0.2, 0.25) is 0 Å². The number of rotatable bonds is 5. The van der Waals surface area contributed by atoms with Gasteiger partial charge in [-0.05, 0) is 6.42 Å². The average Bonchev–Trinajstić information content (AvgIpc) is 2.42. The Morgan fingerprint density at radius 2 is 2.20 bits per heavy atom. The van der Waals surface area contributed by atoms with Crippen LogP contribution in [0.5, 0.6) is 0 Å². The SMILES string of the molecule is COC(=O)CC[C@@H](NC(=O)N1CCSC(C)C1)C(=O)O. The number of urea groups is 1. The van der Waals surface area contributed by atoms with Crippen LogP contribution in [0.15, 0.2) is 0 Å². The number of esters is 1. The molecule has 1 saturated heterocycles. The second-order valence-corrected chi connectivity index (χ2v) is 6.13. The van der Waals surface area contributed by atoms with Crippen LogP contribution in [0.25, 0.3) is 0 Å². The third-order valence-corrected chi connectivity index (χ3v) is 4.13. The number of carboxylic acids is 1. The van der Waals surface area contributed by atoms with Gasteiger partial charge in [-0.25, -0.2) is 9.59 Å². The molecule has 1 aliphatic heterocycles. The van der Waals surface area contributed by atoms with Gasteiger partial charge in [0.05, 0.1) is 7.11 Å². The van der Waals surface area contributed by atoms with E-state index in [-0.39, 0.29) is 12.8 Å². The van der Waals surface area contributed by atoms with Gasteiger partial charge in [-0.2, -0.15) is 11.8 Å². The topological polar surface area (TPSA) is 95.9 Å². The van der Waals surface area contributed by atoms with E-state index >= 15 is 0 Å². The van der Waals surface area contributed by atoms with Crippen molar-refractivity contribution >= 4 is 29.7 Å². The number of nitrogens with one attached hydrogen (secondary N) is 1. The smallest absolute Gasteiger partial charge is 0.326 e. The molecule has 7 nitrogen and oxygen atoms in total. The first-order valence-corrected chi connectivity index (χ1v) is 7.45. The van der Waals surface area contributed by atoms with Gasteiger partial charge in [-0.1, -0.05) is 6.92 Å². The number of hydrogen-bond donors (Lipinski definition) is 2. The summed E-state index contributed by atoms with van der Waals surface area (Å²) in [6.07, 6.45) is -0.0219. The van der Waals surface area contributed by atoms with E-state index in [0.717, 1.165) is 5.75 Å². The van der Waals surface area contributed by atoms with Crippen molar-refractivity contribution in [3.63, 3.8) is 0 Å². The fraction of sp³-hybridized carbons (Fsp3) is 0.750. The van der Waals surface area contributed by atoms with E-state index in [1.807, 2.05) is 6.92 Å². The van der Waals surface area contributed by atoms with Crippen molar-refractivity contribution in [1.29, 1.82) is 0 Å². The molecule has 0 saturated carbocycles. The summed E-state index contributed by atoms with van der Waals surface area (Å²) in [4.78, 5) is 35.7. The zero-order valence-electron chi connectivity index (χ0n) is 11.6. The summed E-state index contributed by atoms with van der Waals surface area (Å²) in [5, 5.41) is 11.9. The van der Waals surface area contributed by atoms with E-state index in [1.54, 1.807) is 16.7 Å². The largest absolute Gasteiger partial charge is 0.480 e. The minimum Gasteiger partial charge on any atom is -0.480 e. The summed E-state index contributed by atoms with van der Waals surface area (Å²) in [5.74, 6) is -0.802. The van der Waals surface area contributed by atoms with E-state index in [2.05, 4.69) is 10.1 Å². The molecular weight excluding hydrogens is 284 g/mol. The Hall–Kier alpha value is -1.44. The lowest BCUT2D eigenvalue weighted by atomic mass is 10.1. The van der Waals surface area contributed by atoms with Crippen molar-refractivity contribution < 1.29 is 24.2 Å². The maximum absolute atomic E-state index is 12.0. The number of ether oxygens (including phenoxy) is 1. The molecule has 2 N–H and O–H groups in total. The normalized spacial score (nSPS) is 20.1. The van der Waals surface area contributed by atoms with Gasteiger partial charge in [-0.15, -0.1) is 0 Å². The molecule has 0 bridgehead atoms. The second-order valence-electron chi connectivity index (χ2n) is 4.58. The predicted octanol–water partition coefficient (Wildman–Crippen LogP) is 0.540. The number of carboxylic acid groups (broad SMARTS) is 1. The highest BCUT2D eigenvalue weighted by molar-refractivity contribution is 7.99. The molecule has 1 aliphatic rings. The minimum absolute atomic E-state index is 0.0197. The second kappa shape index (κ2) is 7.98. The quantitative estimate of drug-likeness (QED) is 0.720. The van der Waals surface area contributed by atoms with Crippen LogP contribution in [0, 0.1) is 0 Å². The molecule has 2 amide bonds. The van der Waals surface area contributed by atoms with E-state index in [4.69, 9.17) is 5.11 Å². The maximum atomic E-state index is 12.0. The fourth-order valence-corrected chi connectivity index (χ4v) is 2.88. The Morgan fingerprint density at radius 1 is 1.50 bits per heavy atom. The highest BCUT2D eigenvalue weighted by Crippen LogP contribution is 2.17. The van der Waals surface area contributed by atoms with Crippen molar-refractivity contribution in [3.8, 4) is 0 Å². The Kier molecular flexibility index (Phi) is 6.63. The molecule has 1 heterocycles. The number of carbonyl (C=O) groups is 3. The van der Waals surface area contributed by atoms with Gasteiger partial charge in [0.2, 0.25) is 0 Å². The highest BCUT2D eigenvalue weighted by atomic mass is 32.2. The molecule has 0 aliphatic carbocycles. The van der Waals surface area contributed by atoms with Crippen molar-refractivity contribution in [1.82, 2.24) is 10.2 Å². The van der Waals surface area contributed by atoms with E-state index in [0.29, 0.717) is 18.3 Å². The highest BCUT2D eigenvalue weighted by Gasteiger charge is 2.26. The van der Waals surface area contributed by atoms with Gasteiger partial charge >= 0.3 is 18.0 Å². The van der Waals surface area contributed by atoms with Crippen LogP contribution < -0.4 is 5.32 Å². The monoisotopic (exact) mass is 304 g/mol. The van der Waals surface area contributed by atoms with Crippen LogP contribution in [-0.2, 0) is 14.3 Å². The van der Waals surface area contributed by atoms with Crippen molar-refractivity contribution in [3.05, 3.63) is 0 Å². The third kappa shape index (κ3) is 5.28. The summed E-state index contributed by atoms with van der Waals surface area (Å²) in [7, 11) is 1.24. The molecule has 0 aromatic carbocycles. The molecule has 1 fully saturated rings. The Bertz CT molecular complexity index is 377. The lowest BCUT2D eigenvalue weighted by Gasteiger charge is -2.31. The first-order chi connectivity index (χ1) is 9.43. The average molecular weight is 304 g/mol. The standard InChI is InChI=1S/C12H20N2O5S/c1-8-7-14(5-6-20-8)12(18)13-9(11(16)17)3-4-10(15)19-2/h8-9H,3-7H2,1-2H3,(H,13,18)(H,16,17)/t8?,9-/m1/s1. The Labute approximate surface area is 122 Å². The lowest BCUT2D eigenvalue weighted by Crippen LogP contribution is -2.51. The van der Waals surface area contributed by atoms with Crippen LogP contribution in [0.4, 0.5) is 4.79 Å². The summed E-state index contributed by atoms with van der Waals surface area (Å²) in [5.41, 5.74) is 0. The van der Waals surface area contributed by atoms with Gasteiger partial charge in [-0.3, -0.25) is 4.79 Å². The zero-order valence-corrected chi connectivity index (χ0v) is 12.4. The van der Waals surface area contributed by atoms with Crippen LogP contribution in [0.1, 0.15) is 19.8 Å². The van der Waals surface area contributed by atoms with Gasteiger partial charge in [0, 0.05) is 30.5 Å². The van der Waals surface area contributed by atoms with Gasteiger partial charge in [0.25, 0.3) is 0 Å². The van der Waals surface area contributed by atoms with E-state index < -0.39 is 24.0 Å². The molecule has 1 rings (SSSR count). The molecule has 2 atom stereocenters. The minimum atomic E-state index is -1.15. The zero-order chi connectivity index (χ0) is 15.1. The van der Waals surface area contributed by atoms with Crippen LogP contribution >= 0.6 is 11.8 Å². The number of methoxy groups -OCH3 is 1. The number of carbonyl (C=O) groups excluding carboxylic acids is 2. The molecule has 0 aromatic heterocycles. The first kappa shape index (κ1) is 16.6. The van der Waals surface area contributed by atoms with Crippen molar-refractivity contribution in [2.24, 2.45) is 0 Å². The van der Waals surface area contributed by atoms with Crippen LogP contribution in [-0.4, -0.2) is 65.2 Å². The number of thioether (sulfide) groups is 1. The Morgan fingerprint density at radius 3 is 2.75 bits per heavy atom. The molecule has 0 aromatic rings. The molecule has 0 radical (unpaired) electrons. The first-order valence-electron chi connectivity index (χ1n) is 6.40. The Balaban J connectivity index is 2.49. The summed E-state index contributed by atoms with van der Waals surface area (Å²) in [6.45, 7) is 3.22. The molecule has 1 unspecified atom stereocenters. The number of amides is 2. The number of hydrogen-bond acceptors (Lipinski definition) is 5. The maximum Gasteiger partial charge on any atom is 0.326 e. The summed E-state index contributed by atoms with van der Waals surface area (Å²) in [6, 6.07) is -1.47. The van der Waals surface area contributed by atoms with Crippen molar-refractivity contribution in [2.75, 3.05) is 26.0 Å². The molecular formula is C12H20N2O5S. The van der Waals surface area contributed by atoms with Gasteiger partial charge in [0.1, 0.15) is 6.04 Å². The lowest BCUT2D eigenvalue weighted by molar-refractivity contribution is -0.142. The van der Waals surface area contributed by atoms with E-state index in [1.165, 1.54) is 7.11 Å². The van der Waals surface area contributed by atoms with Gasteiger partial charge in [0.15, 0.2) is 0 Å². The van der Waals surface area contributed by atoms with Crippen LogP contribution in [0.3, 0.4) is 0 Å². The molecule has 8 heteroatoms. The molecule has 0 spiro atoms. The number of aliphatic carboxylic acids is 1. The molecule has 20 heavy (non-hydrogen) atoms. The van der Waals surface area contributed by atoms with Crippen molar-refractivity contribution in [2.45, 2.75) is 31.1 Å². The fourth-order valence-electron chi connectivity index (χ4n) is 1.86. The molecule has 114 valence electrons. The van der Waals surface area contributed by atoms with E-state index in [9.17, 15) is 14.4 Å².